The highest BCUT2D eigenvalue weighted by Gasteiger charge is 2.21. The van der Waals surface area contributed by atoms with Crippen LogP contribution in [0.2, 0.25) is 0 Å². The zero-order chi connectivity index (χ0) is 21.2. The molecule has 0 bridgehead atoms. The first kappa shape index (κ1) is 22.1. The van der Waals surface area contributed by atoms with E-state index in [0.717, 1.165) is 11.3 Å². The van der Waals surface area contributed by atoms with E-state index in [1.807, 2.05) is 29.2 Å². The van der Waals surface area contributed by atoms with Gasteiger partial charge in [0.1, 0.15) is 23.0 Å². The van der Waals surface area contributed by atoms with Crippen LogP contribution >= 0.6 is 0 Å². The molecule has 0 fully saturated rings. The maximum atomic E-state index is 12.4. The second-order valence-electron chi connectivity index (χ2n) is 6.20. The molecule has 0 aliphatic carbocycles. The van der Waals surface area contributed by atoms with E-state index in [4.69, 9.17) is 14.2 Å². The number of esters is 2. The van der Waals surface area contributed by atoms with Crippen molar-refractivity contribution in [2.75, 3.05) is 31.8 Å². The van der Waals surface area contributed by atoms with Crippen LogP contribution in [0.1, 0.15) is 42.0 Å². The lowest BCUT2D eigenvalue weighted by Crippen LogP contribution is -2.29. The Hall–Kier alpha value is -3.16. The lowest BCUT2D eigenvalue weighted by Gasteiger charge is -2.25. The van der Waals surface area contributed by atoms with Crippen molar-refractivity contribution in [1.29, 1.82) is 0 Å². The molecule has 2 rings (SSSR count). The number of carbonyl (C=O) groups excluding carboxylic acids is 2. The molecule has 0 atom stereocenters. The number of methoxy groups -OCH3 is 1. The molecule has 0 radical (unpaired) electrons. The second-order valence-corrected chi connectivity index (χ2v) is 6.20. The minimum Gasteiger partial charge on any atom is -0.497 e. The third kappa shape index (κ3) is 6.44. The summed E-state index contributed by atoms with van der Waals surface area (Å²) in [5.41, 5.74) is 1.23. The summed E-state index contributed by atoms with van der Waals surface area (Å²) < 4.78 is 15.4. The monoisotopic (exact) mass is 401 g/mol. The van der Waals surface area contributed by atoms with Gasteiger partial charge in [0.25, 0.3) is 0 Å². The van der Waals surface area contributed by atoms with Crippen LogP contribution in [0.4, 0.5) is 5.82 Å². The number of hydrogen-bond acceptors (Lipinski definition) is 8. The van der Waals surface area contributed by atoms with Gasteiger partial charge in [-0.3, -0.25) is 4.79 Å². The van der Waals surface area contributed by atoms with E-state index in [0.29, 0.717) is 31.3 Å². The Labute approximate surface area is 170 Å². The molecule has 1 aromatic heterocycles. The van der Waals surface area contributed by atoms with Crippen LogP contribution in [-0.4, -0.2) is 48.8 Å². The number of carbonyl (C=O) groups is 2. The van der Waals surface area contributed by atoms with Crippen molar-refractivity contribution in [2.24, 2.45) is 0 Å². The van der Waals surface area contributed by atoms with Crippen LogP contribution in [-0.2, 0) is 20.8 Å². The molecule has 0 unspecified atom stereocenters. The van der Waals surface area contributed by atoms with Gasteiger partial charge in [-0.25, -0.2) is 14.8 Å². The summed E-state index contributed by atoms with van der Waals surface area (Å²) in [4.78, 5) is 34.8. The topological polar surface area (TPSA) is 90.9 Å². The van der Waals surface area contributed by atoms with Crippen LogP contribution in [0.3, 0.4) is 0 Å². The van der Waals surface area contributed by atoms with Gasteiger partial charge in [-0.1, -0.05) is 12.1 Å². The molecule has 2 aromatic rings. The van der Waals surface area contributed by atoms with Crippen molar-refractivity contribution in [3.8, 4) is 5.75 Å². The Bertz CT molecular complexity index is 824. The van der Waals surface area contributed by atoms with Gasteiger partial charge in [0.05, 0.1) is 26.7 Å². The first-order chi connectivity index (χ1) is 14.0. The molecule has 1 heterocycles. The number of rotatable bonds is 10. The van der Waals surface area contributed by atoms with E-state index in [-0.39, 0.29) is 24.6 Å². The summed E-state index contributed by atoms with van der Waals surface area (Å²) >= 11 is 0. The average molecular weight is 401 g/mol. The fraction of sp³-hybridized carbons (Fsp3) is 0.429. The number of nitrogens with zero attached hydrogens (tertiary/aromatic N) is 3. The van der Waals surface area contributed by atoms with Gasteiger partial charge in [0.2, 0.25) is 0 Å². The van der Waals surface area contributed by atoms with E-state index in [2.05, 4.69) is 9.97 Å². The van der Waals surface area contributed by atoms with Gasteiger partial charge in [0.15, 0.2) is 0 Å². The van der Waals surface area contributed by atoms with E-state index < -0.39 is 5.97 Å². The van der Waals surface area contributed by atoms with Gasteiger partial charge >= 0.3 is 11.9 Å². The van der Waals surface area contributed by atoms with Crippen molar-refractivity contribution < 1.29 is 23.8 Å². The predicted octanol–water partition coefficient (Wildman–Crippen LogP) is 2.93. The minimum atomic E-state index is -0.502. The normalized spacial score (nSPS) is 10.3. The standard InChI is InChI=1S/C21H27N3O5/c1-5-28-19(25)11-12-24(14-16-7-9-17(27-4)10-8-16)20-18(21(26)29-6-2)13-22-15(3)23-20/h7-10,13H,5-6,11-12,14H2,1-4H3. The second kappa shape index (κ2) is 11.0. The Morgan fingerprint density at radius 1 is 1.07 bits per heavy atom. The third-order valence-corrected chi connectivity index (χ3v) is 4.11. The number of benzene rings is 1. The van der Waals surface area contributed by atoms with Crippen LogP contribution < -0.4 is 9.64 Å². The fourth-order valence-corrected chi connectivity index (χ4v) is 2.72. The first-order valence-corrected chi connectivity index (χ1v) is 9.52. The summed E-state index contributed by atoms with van der Waals surface area (Å²) in [6.45, 7) is 6.57. The predicted molar refractivity (Wildman–Crippen MR) is 108 cm³/mol. The molecule has 0 aliphatic rings. The summed E-state index contributed by atoms with van der Waals surface area (Å²) in [6, 6.07) is 7.56. The molecule has 0 saturated heterocycles. The zero-order valence-electron chi connectivity index (χ0n) is 17.3. The Morgan fingerprint density at radius 3 is 2.38 bits per heavy atom. The summed E-state index contributed by atoms with van der Waals surface area (Å²) in [5.74, 6) is 0.881. The molecule has 0 N–H and O–H groups in total. The highest BCUT2D eigenvalue weighted by molar-refractivity contribution is 5.94. The van der Waals surface area contributed by atoms with Gasteiger partial charge < -0.3 is 19.1 Å². The largest absolute Gasteiger partial charge is 0.497 e. The zero-order valence-corrected chi connectivity index (χ0v) is 17.3. The molecule has 0 amide bonds. The molecule has 8 nitrogen and oxygen atoms in total. The Kier molecular flexibility index (Phi) is 8.39. The van der Waals surface area contributed by atoms with Gasteiger partial charge in [0, 0.05) is 19.3 Å². The van der Waals surface area contributed by atoms with Crippen molar-refractivity contribution in [3.05, 3.63) is 47.4 Å². The van der Waals surface area contributed by atoms with Crippen molar-refractivity contribution in [3.63, 3.8) is 0 Å². The lowest BCUT2D eigenvalue weighted by atomic mass is 10.1. The van der Waals surface area contributed by atoms with Crippen LogP contribution in [0.5, 0.6) is 5.75 Å². The van der Waals surface area contributed by atoms with Crippen LogP contribution in [0.15, 0.2) is 30.5 Å². The van der Waals surface area contributed by atoms with E-state index >= 15 is 0 Å². The molecule has 1 aromatic carbocycles. The molecule has 0 saturated carbocycles. The molecule has 0 aliphatic heterocycles. The molecule has 29 heavy (non-hydrogen) atoms. The van der Waals surface area contributed by atoms with Gasteiger partial charge in [-0.2, -0.15) is 0 Å². The number of ether oxygens (including phenoxy) is 3. The Balaban J connectivity index is 2.36. The fourth-order valence-electron chi connectivity index (χ4n) is 2.72. The summed E-state index contributed by atoms with van der Waals surface area (Å²) in [6.07, 6.45) is 1.62. The van der Waals surface area contributed by atoms with Crippen molar-refractivity contribution in [2.45, 2.75) is 33.7 Å². The molecular formula is C21H27N3O5. The number of aryl methyl sites for hydroxylation is 1. The van der Waals surface area contributed by atoms with Crippen molar-refractivity contribution >= 4 is 17.8 Å². The van der Waals surface area contributed by atoms with Crippen molar-refractivity contribution in [1.82, 2.24) is 9.97 Å². The van der Waals surface area contributed by atoms with Crippen LogP contribution in [0, 0.1) is 6.92 Å². The average Bonchev–Trinajstić information content (AvgIpc) is 2.71. The molecule has 156 valence electrons. The lowest BCUT2D eigenvalue weighted by molar-refractivity contribution is -0.142. The van der Waals surface area contributed by atoms with Gasteiger partial charge in [-0.05, 0) is 38.5 Å². The summed E-state index contributed by atoms with van der Waals surface area (Å²) in [7, 11) is 1.61. The quantitative estimate of drug-likeness (QED) is 0.561. The molecule has 0 spiro atoms. The number of hydrogen-bond donors (Lipinski definition) is 0. The Morgan fingerprint density at radius 2 is 1.76 bits per heavy atom. The van der Waals surface area contributed by atoms with Gasteiger partial charge in [-0.15, -0.1) is 0 Å². The first-order valence-electron chi connectivity index (χ1n) is 9.52. The molecular weight excluding hydrogens is 374 g/mol. The summed E-state index contributed by atoms with van der Waals surface area (Å²) in [5, 5.41) is 0. The molecule has 8 heteroatoms. The number of anilines is 1. The third-order valence-electron chi connectivity index (χ3n) is 4.11. The highest BCUT2D eigenvalue weighted by atomic mass is 16.5. The minimum absolute atomic E-state index is 0.162. The van der Waals surface area contributed by atoms with E-state index in [1.54, 1.807) is 27.9 Å². The number of aromatic nitrogens is 2. The highest BCUT2D eigenvalue weighted by Crippen LogP contribution is 2.22. The smallest absolute Gasteiger partial charge is 0.343 e. The maximum Gasteiger partial charge on any atom is 0.343 e. The van der Waals surface area contributed by atoms with Crippen LogP contribution in [0.25, 0.3) is 0 Å². The SMILES string of the molecule is CCOC(=O)CCN(Cc1ccc(OC)cc1)c1nc(C)ncc1C(=O)OCC. The van der Waals surface area contributed by atoms with E-state index in [9.17, 15) is 9.59 Å². The van der Waals surface area contributed by atoms with E-state index in [1.165, 1.54) is 6.20 Å². The maximum absolute atomic E-state index is 12.4.